The predicted molar refractivity (Wildman–Crippen MR) is 206 cm³/mol. The Balaban J connectivity index is 0.982. The molecule has 0 N–H and O–H groups in total. The Morgan fingerprint density at radius 3 is 1.87 bits per heavy atom. The van der Waals surface area contributed by atoms with Crippen LogP contribution >= 0.6 is 21.6 Å². The highest BCUT2D eigenvalue weighted by molar-refractivity contribution is 8.76. The van der Waals surface area contributed by atoms with Crippen LogP contribution in [0, 0.1) is 0 Å². The number of aromatic nitrogens is 1. The molecule has 3 heterocycles. The van der Waals surface area contributed by atoms with Gasteiger partial charge in [-0.2, -0.15) is 0 Å². The number of allylic oxidation sites excluding steroid dienone is 5. The Hall–Kier alpha value is -3.48. The summed E-state index contributed by atoms with van der Waals surface area (Å²) in [5.41, 5.74) is 10.0. The van der Waals surface area contributed by atoms with E-state index in [1.165, 1.54) is 91.1 Å². The van der Waals surface area contributed by atoms with Gasteiger partial charge in [-0.3, -0.25) is 4.99 Å². The number of hydrogen-bond donors (Lipinski definition) is 0. The summed E-state index contributed by atoms with van der Waals surface area (Å²) < 4.78 is 2.27. The summed E-state index contributed by atoms with van der Waals surface area (Å²) in [5.74, 6) is 2.07. The fourth-order valence-electron chi connectivity index (χ4n) is 5.97. The molecule has 0 spiro atoms. The Morgan fingerprint density at radius 1 is 0.761 bits per heavy atom. The minimum Gasteiger partial charge on any atom is -0.372 e. The number of anilines is 2. The molecule has 0 radical (unpaired) electrons. The maximum atomic E-state index is 4.61. The average molecular weight is 650 g/mol. The largest absolute Gasteiger partial charge is 0.372 e. The molecule has 46 heavy (non-hydrogen) atoms. The molecule has 1 aromatic heterocycles. The molecule has 5 rings (SSSR count). The average Bonchev–Trinajstić information content (AvgIpc) is 3.83. The van der Waals surface area contributed by atoms with E-state index in [1.54, 1.807) is 0 Å². The lowest BCUT2D eigenvalue weighted by Gasteiger charge is -2.17. The number of nitrogens with zero attached hydrogens (tertiary/aromatic N) is 4. The van der Waals surface area contributed by atoms with Crippen molar-refractivity contribution in [2.45, 2.75) is 46.1 Å². The third-order valence-corrected chi connectivity index (χ3v) is 11.1. The highest BCUT2D eigenvalue weighted by atomic mass is 33.1. The second kappa shape index (κ2) is 18.0. The van der Waals surface area contributed by atoms with Crippen LogP contribution in [0.2, 0.25) is 0 Å². The van der Waals surface area contributed by atoms with Crippen molar-refractivity contribution in [1.82, 2.24) is 0 Å². The van der Waals surface area contributed by atoms with Crippen molar-refractivity contribution in [3.05, 3.63) is 120 Å². The summed E-state index contributed by atoms with van der Waals surface area (Å²) >= 11 is 0. The summed E-state index contributed by atoms with van der Waals surface area (Å²) in [6.45, 7) is 14.9. The fraction of sp³-hybridized carbons (Fsp3) is 0.350. The molecule has 2 fully saturated rings. The monoisotopic (exact) mass is 649 g/mol. The molecule has 0 saturated carbocycles. The van der Waals surface area contributed by atoms with Crippen LogP contribution < -0.4 is 14.4 Å². The van der Waals surface area contributed by atoms with Crippen LogP contribution in [0.1, 0.15) is 56.2 Å². The third kappa shape index (κ3) is 10.3. The van der Waals surface area contributed by atoms with Crippen molar-refractivity contribution in [2.24, 2.45) is 4.99 Å². The van der Waals surface area contributed by atoms with Crippen LogP contribution in [0.4, 0.5) is 11.4 Å². The first-order valence-corrected chi connectivity index (χ1v) is 19.2. The number of rotatable bonds is 15. The van der Waals surface area contributed by atoms with Gasteiger partial charge < -0.3 is 9.80 Å². The van der Waals surface area contributed by atoms with Crippen molar-refractivity contribution >= 4 is 56.9 Å². The van der Waals surface area contributed by atoms with Gasteiger partial charge in [-0.25, -0.2) is 4.57 Å². The van der Waals surface area contributed by atoms with Crippen LogP contribution in [0.3, 0.4) is 0 Å². The van der Waals surface area contributed by atoms with E-state index in [1.807, 2.05) is 33.9 Å². The fourth-order valence-corrected chi connectivity index (χ4v) is 7.82. The Bertz CT molecular complexity index is 1510. The van der Waals surface area contributed by atoms with Gasteiger partial charge in [0, 0.05) is 68.2 Å². The summed E-state index contributed by atoms with van der Waals surface area (Å²) in [7, 11) is 3.81. The van der Waals surface area contributed by atoms with Crippen LogP contribution in [0.15, 0.2) is 108 Å². The molecule has 2 aliphatic heterocycles. The number of aryl methyl sites for hydroxylation is 1. The smallest absolute Gasteiger partial charge is 0.169 e. The molecule has 240 valence electrons. The molecular formula is C40H49N4S2+. The number of benzene rings is 2. The van der Waals surface area contributed by atoms with E-state index < -0.39 is 0 Å². The van der Waals surface area contributed by atoms with Crippen LogP contribution in [0.5, 0.6) is 0 Å². The zero-order valence-electron chi connectivity index (χ0n) is 27.6. The van der Waals surface area contributed by atoms with Crippen molar-refractivity contribution in [3.63, 3.8) is 0 Å². The maximum Gasteiger partial charge on any atom is 0.169 e. The van der Waals surface area contributed by atoms with Crippen molar-refractivity contribution in [2.75, 3.05) is 54.0 Å². The topological polar surface area (TPSA) is 22.7 Å². The molecule has 0 amide bonds. The van der Waals surface area contributed by atoms with Gasteiger partial charge in [0.2, 0.25) is 0 Å². The molecule has 0 atom stereocenters. The molecular weight excluding hydrogens is 601 g/mol. The normalized spacial score (nSPS) is 16.2. The van der Waals surface area contributed by atoms with E-state index >= 15 is 0 Å². The lowest BCUT2D eigenvalue weighted by atomic mass is 10.0. The molecule has 0 aliphatic carbocycles. The Morgan fingerprint density at radius 2 is 1.30 bits per heavy atom. The SMILES string of the molecule is C=CC(=C\C=NCCSSCC[n+]1ccc(/C(C)=C/c2ccc(N3CCCC3)cc2)cc1)/C(C)=C/c1ccc(N2CCCC2)cc1. The summed E-state index contributed by atoms with van der Waals surface area (Å²) in [5, 5.41) is 0. The molecule has 6 heteroatoms. The van der Waals surface area contributed by atoms with Gasteiger partial charge >= 0.3 is 0 Å². The van der Waals surface area contributed by atoms with E-state index in [0.717, 1.165) is 30.2 Å². The van der Waals surface area contributed by atoms with Gasteiger partial charge in [-0.05, 0) is 103 Å². The molecule has 0 bridgehead atoms. The predicted octanol–water partition coefficient (Wildman–Crippen LogP) is 9.40. The third-order valence-electron chi connectivity index (χ3n) is 8.70. The first kappa shape index (κ1) is 33.9. The molecule has 4 nitrogen and oxygen atoms in total. The molecule has 2 aromatic carbocycles. The standard InChI is InChI=1S/C40H49N4S2/c1-4-37(33(2)31-35-9-13-39(14-10-35)43-22-5-6-23-43)17-20-41-21-29-45-46-30-28-42-26-18-38(19-27-42)34(3)32-36-11-15-40(16-12-36)44-24-7-8-25-44/h4,9-20,26-27,31-32H,1,5-8,21-25,28-30H2,2-3H3/q+1/b33-31+,37-17+,41-20?. The van der Waals surface area contributed by atoms with Gasteiger partial charge in [0.05, 0.1) is 5.75 Å². The first-order chi connectivity index (χ1) is 22.6. The van der Waals surface area contributed by atoms with E-state index in [-0.39, 0.29) is 0 Å². The van der Waals surface area contributed by atoms with E-state index in [2.05, 4.69) is 131 Å². The van der Waals surface area contributed by atoms with Crippen LogP contribution in [-0.2, 0) is 6.54 Å². The van der Waals surface area contributed by atoms with Gasteiger partial charge in [-0.15, -0.1) is 0 Å². The zero-order chi connectivity index (χ0) is 32.0. The van der Waals surface area contributed by atoms with Gasteiger partial charge in [0.1, 0.15) is 0 Å². The van der Waals surface area contributed by atoms with Crippen molar-refractivity contribution in [3.8, 4) is 0 Å². The highest BCUT2D eigenvalue weighted by Gasteiger charge is 2.13. The Labute approximate surface area is 285 Å². The van der Waals surface area contributed by atoms with Crippen LogP contribution in [-0.4, -0.2) is 50.4 Å². The first-order valence-electron chi connectivity index (χ1n) is 16.7. The van der Waals surface area contributed by atoms with E-state index in [4.69, 9.17) is 0 Å². The quantitative estimate of drug-likeness (QED) is 0.0538. The summed E-state index contributed by atoms with van der Waals surface area (Å²) in [6, 6.07) is 22.4. The van der Waals surface area contributed by atoms with Gasteiger partial charge in [0.25, 0.3) is 0 Å². The van der Waals surface area contributed by atoms with Gasteiger partial charge in [-0.1, -0.05) is 70.7 Å². The Kier molecular flexibility index (Phi) is 13.3. The van der Waals surface area contributed by atoms with E-state index in [0.29, 0.717) is 0 Å². The minimum absolute atomic E-state index is 0.813. The number of hydrogen-bond acceptors (Lipinski definition) is 5. The second-order valence-corrected chi connectivity index (χ2v) is 14.8. The molecule has 2 saturated heterocycles. The number of aliphatic imine (C=N–C) groups is 1. The van der Waals surface area contributed by atoms with E-state index in [9.17, 15) is 0 Å². The highest BCUT2D eigenvalue weighted by Crippen LogP contribution is 2.24. The second-order valence-electron chi connectivity index (χ2n) is 12.1. The van der Waals surface area contributed by atoms with Gasteiger partial charge in [0.15, 0.2) is 18.9 Å². The molecule has 2 aliphatic rings. The summed E-state index contributed by atoms with van der Waals surface area (Å²) in [6.07, 6.45) is 20.0. The zero-order valence-corrected chi connectivity index (χ0v) is 29.2. The summed E-state index contributed by atoms with van der Waals surface area (Å²) in [4.78, 5) is 9.56. The minimum atomic E-state index is 0.813. The molecule has 3 aromatic rings. The van der Waals surface area contributed by atoms with Crippen molar-refractivity contribution in [1.29, 1.82) is 0 Å². The van der Waals surface area contributed by atoms with Crippen LogP contribution in [0.25, 0.3) is 17.7 Å². The maximum absolute atomic E-state index is 4.61. The van der Waals surface area contributed by atoms with Crippen molar-refractivity contribution < 1.29 is 4.57 Å². The lowest BCUT2D eigenvalue weighted by Crippen LogP contribution is -2.33. The lowest BCUT2D eigenvalue weighted by molar-refractivity contribution is -0.692. The molecule has 0 unspecified atom stereocenters. The number of pyridine rings is 1.